The first-order valence-corrected chi connectivity index (χ1v) is 9.11. The Hall–Kier alpha value is -1.60. The zero-order valence-electron chi connectivity index (χ0n) is 13.5. The zero-order valence-corrected chi connectivity index (χ0v) is 15.7. The number of halogens is 1. The summed E-state index contributed by atoms with van der Waals surface area (Å²) in [4.78, 5) is 12.3. The van der Waals surface area contributed by atoms with Crippen molar-refractivity contribution in [1.82, 2.24) is 0 Å². The number of hydrogen-bond acceptors (Lipinski definition) is 3. The number of anilines is 1. The number of hydrogen-bond donors (Lipinski definition) is 1. The highest BCUT2D eigenvalue weighted by Gasteiger charge is 2.16. The molecule has 24 heavy (non-hydrogen) atoms. The van der Waals surface area contributed by atoms with Crippen molar-refractivity contribution in [2.45, 2.75) is 25.9 Å². The summed E-state index contributed by atoms with van der Waals surface area (Å²) in [5, 5.41) is 2.92. The Labute approximate surface area is 155 Å². The van der Waals surface area contributed by atoms with E-state index in [-0.39, 0.29) is 12.0 Å². The number of carbonyl (C=O) groups excluding carboxylic acids is 1. The van der Waals surface area contributed by atoms with Crippen LogP contribution in [0.2, 0.25) is 0 Å². The topological polar surface area (TPSA) is 47.6 Å². The van der Waals surface area contributed by atoms with Gasteiger partial charge in [0.2, 0.25) is 0 Å². The predicted molar refractivity (Wildman–Crippen MR) is 103 cm³/mol. The van der Waals surface area contributed by atoms with Gasteiger partial charge in [0.1, 0.15) is 12.4 Å². The molecule has 0 aromatic heterocycles. The highest BCUT2D eigenvalue weighted by Crippen LogP contribution is 2.19. The molecule has 1 aliphatic rings. The van der Waals surface area contributed by atoms with E-state index in [1.165, 1.54) is 5.56 Å². The first kappa shape index (κ1) is 17.2. The number of ether oxygens (including phenoxy) is 2. The molecule has 0 radical (unpaired) electrons. The van der Waals surface area contributed by atoms with Crippen molar-refractivity contribution >= 4 is 34.2 Å². The summed E-state index contributed by atoms with van der Waals surface area (Å²) in [6.07, 6.45) is 2.35. The number of aryl methyl sites for hydroxylation is 1. The number of carbonyl (C=O) groups is 1. The first-order valence-electron chi connectivity index (χ1n) is 8.04. The van der Waals surface area contributed by atoms with E-state index in [2.05, 4.69) is 27.9 Å². The van der Waals surface area contributed by atoms with Crippen molar-refractivity contribution in [3.05, 3.63) is 57.2 Å². The van der Waals surface area contributed by atoms with E-state index in [4.69, 9.17) is 9.47 Å². The fourth-order valence-corrected chi connectivity index (χ4v) is 3.06. The summed E-state index contributed by atoms with van der Waals surface area (Å²) in [6.45, 7) is 3.43. The summed E-state index contributed by atoms with van der Waals surface area (Å²) in [6, 6.07) is 13.1. The number of benzene rings is 2. The minimum Gasteiger partial charge on any atom is -0.491 e. The Morgan fingerprint density at radius 2 is 2.08 bits per heavy atom. The summed E-state index contributed by atoms with van der Waals surface area (Å²) in [5.74, 6) is 0.632. The van der Waals surface area contributed by atoms with E-state index < -0.39 is 0 Å². The van der Waals surface area contributed by atoms with Gasteiger partial charge >= 0.3 is 0 Å². The van der Waals surface area contributed by atoms with Crippen molar-refractivity contribution in [1.29, 1.82) is 0 Å². The Bertz CT molecular complexity index is 709. The molecule has 1 amide bonds. The van der Waals surface area contributed by atoms with Gasteiger partial charge in [-0.25, -0.2) is 0 Å². The van der Waals surface area contributed by atoms with Gasteiger partial charge in [-0.3, -0.25) is 4.79 Å². The average Bonchev–Trinajstić information content (AvgIpc) is 3.10. The number of nitrogens with one attached hydrogen (secondary N) is 1. The highest BCUT2D eigenvalue weighted by atomic mass is 127. The molecule has 0 spiro atoms. The smallest absolute Gasteiger partial charge is 0.255 e. The molecule has 0 bridgehead atoms. The molecule has 1 atom stereocenters. The van der Waals surface area contributed by atoms with Crippen LogP contribution in [0.4, 0.5) is 5.69 Å². The second-order valence-electron chi connectivity index (χ2n) is 5.89. The lowest BCUT2D eigenvalue weighted by atomic mass is 10.2. The van der Waals surface area contributed by atoms with Crippen LogP contribution in [0.25, 0.3) is 0 Å². The van der Waals surface area contributed by atoms with Crippen LogP contribution < -0.4 is 10.1 Å². The fourth-order valence-electron chi connectivity index (χ4n) is 2.54. The fraction of sp³-hybridized carbons (Fsp3) is 0.316. The van der Waals surface area contributed by atoms with Crippen LogP contribution in [-0.2, 0) is 4.74 Å². The van der Waals surface area contributed by atoms with E-state index in [0.717, 1.165) is 34.5 Å². The molecule has 4 nitrogen and oxygen atoms in total. The van der Waals surface area contributed by atoms with E-state index >= 15 is 0 Å². The third-order valence-electron chi connectivity index (χ3n) is 4.01. The molecule has 1 fully saturated rings. The van der Waals surface area contributed by atoms with Crippen molar-refractivity contribution in [3.8, 4) is 5.75 Å². The molecule has 126 valence electrons. The maximum Gasteiger partial charge on any atom is 0.255 e. The summed E-state index contributed by atoms with van der Waals surface area (Å²) in [5.41, 5.74) is 2.60. The maximum absolute atomic E-state index is 12.3. The average molecular weight is 437 g/mol. The van der Waals surface area contributed by atoms with Crippen molar-refractivity contribution < 1.29 is 14.3 Å². The largest absolute Gasteiger partial charge is 0.491 e. The Balaban J connectivity index is 1.57. The van der Waals surface area contributed by atoms with Gasteiger partial charge in [-0.05, 0) is 84.3 Å². The standard InChI is InChI=1S/C19H20INO3/c1-13-4-7-15(11-18(13)20)21-19(22)14-5-8-16(9-6-14)24-12-17-3-2-10-23-17/h4-9,11,17H,2-3,10,12H2,1H3,(H,21,22). The highest BCUT2D eigenvalue weighted by molar-refractivity contribution is 14.1. The minimum atomic E-state index is -0.125. The summed E-state index contributed by atoms with van der Waals surface area (Å²) in [7, 11) is 0. The molecule has 1 unspecified atom stereocenters. The van der Waals surface area contributed by atoms with Crippen LogP contribution in [0.15, 0.2) is 42.5 Å². The van der Waals surface area contributed by atoms with Gasteiger partial charge < -0.3 is 14.8 Å². The van der Waals surface area contributed by atoms with Crippen LogP contribution in [0.1, 0.15) is 28.8 Å². The number of amides is 1. The van der Waals surface area contributed by atoms with Gasteiger partial charge in [-0.1, -0.05) is 6.07 Å². The molecule has 0 saturated carbocycles. The Morgan fingerprint density at radius 1 is 1.29 bits per heavy atom. The molecule has 2 aromatic carbocycles. The van der Waals surface area contributed by atoms with Crippen molar-refractivity contribution in [2.75, 3.05) is 18.5 Å². The van der Waals surface area contributed by atoms with E-state index in [1.807, 2.05) is 37.3 Å². The van der Waals surface area contributed by atoms with Crippen molar-refractivity contribution in [2.24, 2.45) is 0 Å². The van der Waals surface area contributed by atoms with E-state index in [9.17, 15) is 4.79 Å². The van der Waals surface area contributed by atoms with Crippen LogP contribution in [0.3, 0.4) is 0 Å². The van der Waals surface area contributed by atoms with Crippen LogP contribution in [0.5, 0.6) is 5.75 Å². The maximum atomic E-state index is 12.3. The van der Waals surface area contributed by atoms with Crippen LogP contribution in [-0.4, -0.2) is 25.2 Å². The monoisotopic (exact) mass is 437 g/mol. The summed E-state index contributed by atoms with van der Waals surface area (Å²) < 4.78 is 12.4. The second-order valence-corrected chi connectivity index (χ2v) is 7.05. The Kier molecular flexibility index (Phi) is 5.73. The van der Waals surface area contributed by atoms with E-state index in [0.29, 0.717) is 12.2 Å². The van der Waals surface area contributed by atoms with E-state index in [1.54, 1.807) is 12.1 Å². The molecule has 1 N–H and O–H groups in total. The van der Waals surface area contributed by atoms with Gasteiger partial charge in [-0.2, -0.15) is 0 Å². The van der Waals surface area contributed by atoms with Crippen LogP contribution in [0, 0.1) is 10.5 Å². The molecule has 3 rings (SSSR count). The third kappa shape index (κ3) is 4.48. The molecule has 0 aliphatic carbocycles. The van der Waals surface area contributed by atoms with Gasteiger partial charge in [0.05, 0.1) is 6.10 Å². The van der Waals surface area contributed by atoms with Crippen LogP contribution >= 0.6 is 22.6 Å². The molecule has 5 heteroatoms. The lowest BCUT2D eigenvalue weighted by Crippen LogP contribution is -2.16. The quantitative estimate of drug-likeness (QED) is 0.706. The molecular formula is C19H20INO3. The van der Waals surface area contributed by atoms with Gasteiger partial charge in [0.15, 0.2) is 0 Å². The molecule has 1 heterocycles. The predicted octanol–water partition coefficient (Wildman–Crippen LogP) is 4.41. The van der Waals surface area contributed by atoms with Gasteiger partial charge in [0.25, 0.3) is 5.91 Å². The Morgan fingerprint density at radius 3 is 2.75 bits per heavy atom. The molecule has 1 saturated heterocycles. The summed E-state index contributed by atoms with van der Waals surface area (Å²) >= 11 is 2.26. The van der Waals surface area contributed by atoms with Crippen molar-refractivity contribution in [3.63, 3.8) is 0 Å². The third-order valence-corrected chi connectivity index (χ3v) is 5.17. The van der Waals surface area contributed by atoms with Gasteiger partial charge in [0, 0.05) is 21.4 Å². The zero-order chi connectivity index (χ0) is 16.9. The molecule has 1 aliphatic heterocycles. The lowest BCUT2D eigenvalue weighted by molar-refractivity contribution is 0.0679. The first-order chi connectivity index (χ1) is 11.6. The minimum absolute atomic E-state index is 0.125. The number of rotatable bonds is 5. The normalized spacial score (nSPS) is 16.8. The molecule has 2 aromatic rings. The van der Waals surface area contributed by atoms with Gasteiger partial charge in [-0.15, -0.1) is 0 Å². The second kappa shape index (κ2) is 7.98. The SMILES string of the molecule is Cc1ccc(NC(=O)c2ccc(OCC3CCCO3)cc2)cc1I. The lowest BCUT2D eigenvalue weighted by Gasteiger charge is -2.12. The molecular weight excluding hydrogens is 417 g/mol.